The summed E-state index contributed by atoms with van der Waals surface area (Å²) in [6.45, 7) is 2.17. The number of aryl methyl sites for hydroxylation is 1. The van der Waals surface area contributed by atoms with E-state index in [4.69, 9.17) is 11.1 Å². The molecule has 106 valence electrons. The van der Waals surface area contributed by atoms with E-state index in [1.165, 1.54) is 24.2 Å². The van der Waals surface area contributed by atoms with Crippen LogP contribution >= 0.6 is 0 Å². The zero-order chi connectivity index (χ0) is 14.3. The maximum Gasteiger partial charge on any atom is 0.318 e. The van der Waals surface area contributed by atoms with Crippen LogP contribution in [0, 0.1) is 5.41 Å². The lowest BCUT2D eigenvalue weighted by Gasteiger charge is -2.18. The van der Waals surface area contributed by atoms with Crippen molar-refractivity contribution in [3.8, 4) is 0 Å². The zero-order valence-corrected chi connectivity index (χ0v) is 11.5. The lowest BCUT2D eigenvalue weighted by atomic mass is 10.1. The van der Waals surface area contributed by atoms with Gasteiger partial charge in [0.2, 0.25) is 5.96 Å². The molecule has 2 amide bonds. The number of urea groups is 1. The smallest absolute Gasteiger partial charge is 0.318 e. The van der Waals surface area contributed by atoms with Gasteiger partial charge in [0.1, 0.15) is 0 Å². The first-order chi connectivity index (χ1) is 9.06. The molecular weight excluding hydrogens is 244 g/mol. The van der Waals surface area contributed by atoms with Gasteiger partial charge in [0.15, 0.2) is 5.82 Å². The summed E-state index contributed by atoms with van der Waals surface area (Å²) in [5.74, 6) is 0.560. The van der Waals surface area contributed by atoms with Crippen LogP contribution in [-0.2, 0) is 6.42 Å². The zero-order valence-electron chi connectivity index (χ0n) is 11.5. The molecule has 0 aliphatic rings. The number of carbonyl (C=O) groups excluding carboxylic acids is 1. The van der Waals surface area contributed by atoms with E-state index in [9.17, 15) is 4.79 Å². The second-order valence-electron chi connectivity index (χ2n) is 4.41. The van der Waals surface area contributed by atoms with Crippen LogP contribution in [0.3, 0.4) is 0 Å². The summed E-state index contributed by atoms with van der Waals surface area (Å²) < 4.78 is 0. The number of nitrogens with zero attached hydrogens (tertiary/aromatic N) is 2. The Kier molecular flexibility index (Phi) is 5.84. The monoisotopic (exact) mass is 266 g/mol. The number of amides is 2. The molecule has 0 saturated carbocycles. The lowest BCUT2D eigenvalue weighted by Crippen LogP contribution is -2.44. The maximum atomic E-state index is 10.7. The van der Waals surface area contributed by atoms with Crippen molar-refractivity contribution in [2.24, 2.45) is 5.73 Å². The molecule has 0 radical (unpaired) electrons. The van der Waals surface area contributed by atoms with Gasteiger partial charge in [-0.1, -0.05) is 26.2 Å². The Morgan fingerprint density at radius 2 is 2.26 bits per heavy atom. The number of unbranched alkanes of at least 4 members (excludes halogenated alkanes) is 3. The van der Waals surface area contributed by atoms with E-state index in [1.807, 2.05) is 0 Å². The van der Waals surface area contributed by atoms with E-state index < -0.39 is 6.03 Å². The van der Waals surface area contributed by atoms with E-state index in [0.29, 0.717) is 5.82 Å². The molecule has 0 saturated heterocycles. The van der Waals surface area contributed by atoms with Crippen LogP contribution in [0.5, 0.6) is 0 Å². The molecule has 7 nitrogen and oxygen atoms in total. The molecule has 0 aliphatic carbocycles. The molecule has 0 atom stereocenters. The van der Waals surface area contributed by atoms with Gasteiger partial charge < -0.3 is 10.7 Å². The van der Waals surface area contributed by atoms with Gasteiger partial charge in [0.25, 0.3) is 0 Å². The lowest BCUT2D eigenvalue weighted by molar-refractivity contribution is 0.253. The Morgan fingerprint density at radius 3 is 2.89 bits per heavy atom. The second-order valence-corrected chi connectivity index (χ2v) is 4.41. The molecule has 0 aliphatic heterocycles. The summed E-state index contributed by atoms with van der Waals surface area (Å²) in [7, 11) is 1.67. The Balaban J connectivity index is 2.60. The molecule has 1 aromatic rings. The molecule has 0 aromatic carbocycles. The van der Waals surface area contributed by atoms with Crippen LogP contribution in [0.1, 0.15) is 38.3 Å². The Hall–Kier alpha value is -2.05. The summed E-state index contributed by atoms with van der Waals surface area (Å²) in [6, 6.07) is -0.753. The van der Waals surface area contributed by atoms with Crippen molar-refractivity contribution in [1.29, 1.82) is 5.41 Å². The minimum atomic E-state index is -0.753. The number of H-pyrrole nitrogens is 1. The molecule has 0 fully saturated rings. The van der Waals surface area contributed by atoms with Gasteiger partial charge in [-0.25, -0.2) is 9.78 Å². The van der Waals surface area contributed by atoms with Gasteiger partial charge in [0.05, 0.1) is 12.0 Å². The van der Waals surface area contributed by atoms with Crippen molar-refractivity contribution in [3.63, 3.8) is 0 Å². The van der Waals surface area contributed by atoms with E-state index in [2.05, 4.69) is 22.2 Å². The molecule has 0 unspecified atom stereocenters. The van der Waals surface area contributed by atoms with Crippen molar-refractivity contribution < 1.29 is 4.79 Å². The number of guanidine groups is 1. The number of rotatable bonds is 6. The number of hydrogen-bond acceptors (Lipinski definition) is 3. The summed E-state index contributed by atoms with van der Waals surface area (Å²) in [5.41, 5.74) is 5.96. The molecule has 0 bridgehead atoms. The van der Waals surface area contributed by atoms with Crippen LogP contribution in [0.2, 0.25) is 0 Å². The first kappa shape index (κ1) is 15.0. The number of nitrogens with one attached hydrogen (secondary N) is 3. The van der Waals surface area contributed by atoms with Gasteiger partial charge in [-0.15, -0.1) is 0 Å². The third-order valence-corrected chi connectivity index (χ3v) is 2.87. The minimum Gasteiger partial charge on any atom is -0.351 e. The predicted octanol–water partition coefficient (Wildman–Crippen LogP) is 1.57. The van der Waals surface area contributed by atoms with Crippen LogP contribution in [-0.4, -0.2) is 29.0 Å². The molecule has 5 N–H and O–H groups in total. The SMILES string of the molecule is CCCCCCc1[nH]cnc1N(C)C(=N)NC(N)=O. The fourth-order valence-electron chi connectivity index (χ4n) is 1.82. The van der Waals surface area contributed by atoms with Crippen molar-refractivity contribution in [3.05, 3.63) is 12.0 Å². The Bertz CT molecular complexity index is 428. The normalized spacial score (nSPS) is 10.2. The molecule has 0 spiro atoms. The highest BCUT2D eigenvalue weighted by Gasteiger charge is 2.15. The summed E-state index contributed by atoms with van der Waals surface area (Å²) in [6.07, 6.45) is 7.15. The molecule has 7 heteroatoms. The highest BCUT2D eigenvalue weighted by molar-refractivity contribution is 6.02. The predicted molar refractivity (Wildman–Crippen MR) is 75.3 cm³/mol. The molecule has 1 aromatic heterocycles. The number of hydrogen-bond donors (Lipinski definition) is 4. The average molecular weight is 266 g/mol. The molecule has 19 heavy (non-hydrogen) atoms. The van der Waals surface area contributed by atoms with Gasteiger partial charge in [-0.2, -0.15) is 0 Å². The summed E-state index contributed by atoms with van der Waals surface area (Å²) in [5, 5.41) is 9.93. The van der Waals surface area contributed by atoms with Gasteiger partial charge in [-0.05, 0) is 12.8 Å². The number of aromatic amines is 1. The van der Waals surface area contributed by atoms with Crippen molar-refractivity contribution >= 4 is 17.8 Å². The number of nitrogens with two attached hydrogens (primary N) is 1. The first-order valence-corrected chi connectivity index (χ1v) is 6.47. The van der Waals surface area contributed by atoms with Crippen LogP contribution in [0.4, 0.5) is 10.6 Å². The van der Waals surface area contributed by atoms with E-state index in [1.54, 1.807) is 13.4 Å². The van der Waals surface area contributed by atoms with Crippen LogP contribution < -0.4 is 16.0 Å². The maximum absolute atomic E-state index is 10.7. The highest BCUT2D eigenvalue weighted by atomic mass is 16.2. The molecule has 1 heterocycles. The van der Waals surface area contributed by atoms with Crippen molar-refractivity contribution in [2.75, 3.05) is 11.9 Å². The third kappa shape index (κ3) is 4.61. The second kappa shape index (κ2) is 7.40. The molecular formula is C12H22N6O. The van der Waals surface area contributed by atoms with Crippen LogP contribution in [0.25, 0.3) is 0 Å². The quantitative estimate of drug-likeness (QED) is 0.356. The molecule has 1 rings (SSSR count). The fourth-order valence-corrected chi connectivity index (χ4v) is 1.82. The van der Waals surface area contributed by atoms with Crippen molar-refractivity contribution in [1.82, 2.24) is 15.3 Å². The fraction of sp³-hybridized carbons (Fsp3) is 0.583. The van der Waals surface area contributed by atoms with E-state index in [0.717, 1.165) is 18.5 Å². The number of anilines is 1. The number of primary amides is 1. The summed E-state index contributed by atoms with van der Waals surface area (Å²) >= 11 is 0. The summed E-state index contributed by atoms with van der Waals surface area (Å²) in [4.78, 5) is 19.5. The van der Waals surface area contributed by atoms with Crippen molar-refractivity contribution in [2.45, 2.75) is 39.0 Å². The van der Waals surface area contributed by atoms with Gasteiger partial charge in [-0.3, -0.25) is 15.6 Å². The highest BCUT2D eigenvalue weighted by Crippen LogP contribution is 2.17. The Labute approximate surface area is 113 Å². The standard InChI is InChI=1S/C12H22N6O/c1-3-4-5-6-7-9-10(16-8-15-9)18(2)11(13)17-12(14)19/h8H,3-7H2,1-2H3,(H,15,16)(H4,13,14,17,19). The number of imidazole rings is 1. The third-order valence-electron chi connectivity index (χ3n) is 2.87. The average Bonchev–Trinajstić information content (AvgIpc) is 2.81. The van der Waals surface area contributed by atoms with E-state index in [-0.39, 0.29) is 5.96 Å². The Morgan fingerprint density at radius 1 is 1.53 bits per heavy atom. The number of carbonyl (C=O) groups is 1. The topological polar surface area (TPSA) is 111 Å². The van der Waals surface area contributed by atoms with Gasteiger partial charge in [0, 0.05) is 7.05 Å². The van der Waals surface area contributed by atoms with E-state index >= 15 is 0 Å². The van der Waals surface area contributed by atoms with Gasteiger partial charge >= 0.3 is 6.03 Å². The first-order valence-electron chi connectivity index (χ1n) is 6.47. The number of aromatic nitrogens is 2. The largest absolute Gasteiger partial charge is 0.351 e. The minimum absolute atomic E-state index is 0.0885. The van der Waals surface area contributed by atoms with Crippen LogP contribution in [0.15, 0.2) is 6.33 Å².